The molecule has 7 nitrogen and oxygen atoms in total. The summed E-state index contributed by atoms with van der Waals surface area (Å²) in [5, 5.41) is 3.30. The van der Waals surface area contributed by atoms with E-state index in [1.54, 1.807) is 74.5 Å². The SMILES string of the molecule is CNC(=O)[C@H](C)N(Cc1ccc(Cl)cc1Cl)C(=O)CN(c1ccccc1C)S(=O)(=O)c1ccccc1. The van der Waals surface area contributed by atoms with E-state index in [-0.39, 0.29) is 11.4 Å². The predicted molar refractivity (Wildman–Crippen MR) is 143 cm³/mol. The molecule has 3 rings (SSSR count). The molecule has 0 aliphatic rings. The van der Waals surface area contributed by atoms with Crippen molar-refractivity contribution in [2.45, 2.75) is 31.3 Å². The van der Waals surface area contributed by atoms with Crippen LogP contribution in [0.4, 0.5) is 5.69 Å². The number of carbonyl (C=O) groups is 2. The van der Waals surface area contributed by atoms with Gasteiger partial charge in [-0.1, -0.05) is 65.7 Å². The Bertz CT molecular complexity index is 1350. The third kappa shape index (κ3) is 6.19. The van der Waals surface area contributed by atoms with Gasteiger partial charge in [0.25, 0.3) is 10.0 Å². The van der Waals surface area contributed by atoms with Gasteiger partial charge in [-0.25, -0.2) is 8.42 Å². The van der Waals surface area contributed by atoms with E-state index in [1.165, 1.54) is 24.1 Å². The quantitative estimate of drug-likeness (QED) is 0.422. The lowest BCUT2D eigenvalue weighted by atomic mass is 10.1. The average molecular weight is 548 g/mol. The summed E-state index contributed by atoms with van der Waals surface area (Å²) in [6.07, 6.45) is 0. The lowest BCUT2D eigenvalue weighted by molar-refractivity contribution is -0.139. The number of hydrogen-bond donors (Lipinski definition) is 1. The van der Waals surface area contributed by atoms with E-state index in [0.29, 0.717) is 26.9 Å². The summed E-state index contributed by atoms with van der Waals surface area (Å²) >= 11 is 12.4. The van der Waals surface area contributed by atoms with Crippen molar-refractivity contribution < 1.29 is 18.0 Å². The second kappa shape index (κ2) is 11.8. The molecular weight excluding hydrogens is 521 g/mol. The molecule has 0 aliphatic heterocycles. The Morgan fingerprint density at radius 1 is 0.972 bits per heavy atom. The zero-order valence-corrected chi connectivity index (χ0v) is 22.4. The number of anilines is 1. The number of sulfonamides is 1. The van der Waals surface area contributed by atoms with E-state index in [9.17, 15) is 18.0 Å². The topological polar surface area (TPSA) is 86.8 Å². The van der Waals surface area contributed by atoms with Crippen LogP contribution in [0.2, 0.25) is 10.0 Å². The maximum Gasteiger partial charge on any atom is 0.264 e. The normalized spacial score (nSPS) is 12.0. The summed E-state index contributed by atoms with van der Waals surface area (Å²) in [6, 6.07) is 18.8. The highest BCUT2D eigenvalue weighted by molar-refractivity contribution is 7.92. The van der Waals surface area contributed by atoms with Gasteiger partial charge in [0.2, 0.25) is 11.8 Å². The van der Waals surface area contributed by atoms with Gasteiger partial charge >= 0.3 is 0 Å². The molecule has 0 aliphatic carbocycles. The van der Waals surface area contributed by atoms with Gasteiger partial charge in [-0.05, 0) is 55.3 Å². The van der Waals surface area contributed by atoms with Gasteiger partial charge in [0.05, 0.1) is 10.6 Å². The third-order valence-electron chi connectivity index (χ3n) is 5.76. The van der Waals surface area contributed by atoms with Gasteiger partial charge in [0, 0.05) is 23.6 Å². The van der Waals surface area contributed by atoms with Crippen molar-refractivity contribution >= 4 is 50.7 Å². The van der Waals surface area contributed by atoms with E-state index < -0.39 is 34.4 Å². The van der Waals surface area contributed by atoms with Gasteiger partial charge < -0.3 is 10.2 Å². The van der Waals surface area contributed by atoms with Crippen molar-refractivity contribution in [3.63, 3.8) is 0 Å². The third-order valence-corrected chi connectivity index (χ3v) is 8.12. The van der Waals surface area contributed by atoms with E-state index in [4.69, 9.17) is 23.2 Å². The Kier molecular flexibility index (Phi) is 9.00. The number of hydrogen-bond acceptors (Lipinski definition) is 4. The molecule has 0 heterocycles. The molecule has 2 amide bonds. The van der Waals surface area contributed by atoms with Crippen LogP contribution in [0.25, 0.3) is 0 Å². The molecule has 0 unspecified atom stereocenters. The number of benzene rings is 3. The number of amides is 2. The first-order valence-electron chi connectivity index (χ1n) is 11.1. The summed E-state index contributed by atoms with van der Waals surface area (Å²) in [7, 11) is -2.63. The fourth-order valence-corrected chi connectivity index (χ4v) is 5.67. The summed E-state index contributed by atoms with van der Waals surface area (Å²) in [5.41, 5.74) is 1.61. The Morgan fingerprint density at radius 3 is 2.22 bits per heavy atom. The molecule has 190 valence electrons. The summed E-state index contributed by atoms with van der Waals surface area (Å²) < 4.78 is 28.5. The molecule has 1 N–H and O–H groups in total. The maximum absolute atomic E-state index is 13.7. The molecule has 0 fully saturated rings. The Hall–Kier alpha value is -3.07. The first kappa shape index (κ1) is 27.5. The molecule has 0 radical (unpaired) electrons. The smallest absolute Gasteiger partial charge is 0.264 e. The summed E-state index contributed by atoms with van der Waals surface area (Å²) in [5.74, 6) is -0.971. The van der Waals surface area contributed by atoms with Gasteiger partial charge in [0.1, 0.15) is 12.6 Å². The van der Waals surface area contributed by atoms with Gasteiger partial charge in [-0.2, -0.15) is 0 Å². The van der Waals surface area contributed by atoms with E-state index >= 15 is 0 Å². The van der Waals surface area contributed by atoms with Crippen LogP contribution < -0.4 is 9.62 Å². The van der Waals surface area contributed by atoms with Crippen LogP contribution >= 0.6 is 23.2 Å². The molecule has 3 aromatic carbocycles. The van der Waals surface area contributed by atoms with Crippen molar-refractivity contribution in [1.29, 1.82) is 0 Å². The average Bonchev–Trinajstić information content (AvgIpc) is 2.86. The molecule has 10 heteroatoms. The van der Waals surface area contributed by atoms with E-state index in [2.05, 4.69) is 5.32 Å². The van der Waals surface area contributed by atoms with Crippen LogP contribution in [-0.4, -0.2) is 44.8 Å². The molecule has 0 spiro atoms. The van der Waals surface area contributed by atoms with Crippen LogP contribution in [0.3, 0.4) is 0 Å². The zero-order valence-electron chi connectivity index (χ0n) is 20.1. The van der Waals surface area contributed by atoms with Gasteiger partial charge in [0.15, 0.2) is 0 Å². The molecule has 36 heavy (non-hydrogen) atoms. The first-order valence-corrected chi connectivity index (χ1v) is 13.3. The lowest BCUT2D eigenvalue weighted by Gasteiger charge is -2.32. The minimum absolute atomic E-state index is 0.0174. The first-order chi connectivity index (χ1) is 17.1. The second-order valence-corrected chi connectivity index (χ2v) is 10.9. The number of aryl methyl sites for hydroxylation is 1. The van der Waals surface area contributed by atoms with E-state index in [0.717, 1.165) is 4.31 Å². The molecule has 0 saturated heterocycles. The number of halogens is 2. The summed E-state index contributed by atoms with van der Waals surface area (Å²) in [4.78, 5) is 27.6. The van der Waals surface area contributed by atoms with Crippen LogP contribution in [0, 0.1) is 6.92 Å². The number of nitrogens with zero attached hydrogens (tertiary/aromatic N) is 2. The van der Waals surface area contributed by atoms with Gasteiger partial charge in [-0.15, -0.1) is 0 Å². The molecule has 3 aromatic rings. The molecular formula is C26H27Cl2N3O4S. The fraction of sp³-hybridized carbons (Fsp3) is 0.231. The second-order valence-electron chi connectivity index (χ2n) is 8.16. The predicted octanol–water partition coefficient (Wildman–Crippen LogP) is 4.66. The fourth-order valence-electron chi connectivity index (χ4n) is 3.70. The largest absolute Gasteiger partial charge is 0.357 e. The van der Waals surface area contributed by atoms with Crippen LogP contribution in [0.5, 0.6) is 0 Å². The number of nitrogens with one attached hydrogen (secondary N) is 1. The van der Waals surface area contributed by atoms with Crippen molar-refractivity contribution in [3.05, 3.63) is 94.0 Å². The van der Waals surface area contributed by atoms with Gasteiger partial charge in [-0.3, -0.25) is 13.9 Å². The Balaban J connectivity index is 2.05. The zero-order chi connectivity index (χ0) is 26.5. The summed E-state index contributed by atoms with van der Waals surface area (Å²) in [6.45, 7) is 2.81. The molecule has 0 saturated carbocycles. The minimum atomic E-state index is -4.10. The number of carbonyl (C=O) groups excluding carboxylic acids is 2. The maximum atomic E-state index is 13.7. The van der Waals surface area contributed by atoms with Crippen LogP contribution in [0.15, 0.2) is 77.7 Å². The Morgan fingerprint density at radius 2 is 1.61 bits per heavy atom. The van der Waals surface area contributed by atoms with Crippen molar-refractivity contribution in [2.24, 2.45) is 0 Å². The monoisotopic (exact) mass is 547 g/mol. The Labute approximate surface area is 221 Å². The molecule has 0 bridgehead atoms. The number of rotatable bonds is 9. The number of para-hydroxylation sites is 1. The van der Waals surface area contributed by atoms with Crippen molar-refractivity contribution in [1.82, 2.24) is 10.2 Å². The standard InChI is InChI=1S/C26H27Cl2N3O4S/c1-18-9-7-8-12-24(18)31(36(34,35)22-10-5-4-6-11-22)17-25(32)30(19(2)26(33)29-3)16-20-13-14-21(27)15-23(20)28/h4-15,19H,16-17H2,1-3H3,(H,29,33)/t19-/m0/s1. The van der Waals surface area contributed by atoms with E-state index in [1.807, 2.05) is 0 Å². The van der Waals surface area contributed by atoms with Crippen LogP contribution in [0.1, 0.15) is 18.1 Å². The highest BCUT2D eigenvalue weighted by Crippen LogP contribution is 2.28. The highest BCUT2D eigenvalue weighted by atomic mass is 35.5. The van der Waals surface area contributed by atoms with Crippen LogP contribution in [-0.2, 0) is 26.2 Å². The van der Waals surface area contributed by atoms with Crippen molar-refractivity contribution in [3.8, 4) is 0 Å². The number of likely N-dealkylation sites (N-methyl/N-ethyl adjacent to an activating group) is 1. The van der Waals surface area contributed by atoms with Crippen molar-refractivity contribution in [2.75, 3.05) is 17.9 Å². The molecule has 0 aromatic heterocycles. The minimum Gasteiger partial charge on any atom is -0.357 e. The lowest BCUT2D eigenvalue weighted by Crippen LogP contribution is -2.50. The highest BCUT2D eigenvalue weighted by Gasteiger charge is 2.33. The molecule has 1 atom stereocenters.